The van der Waals surface area contributed by atoms with Gasteiger partial charge in [-0.15, -0.1) is 5.92 Å². The minimum Gasteiger partial charge on any atom is -0.315 e. The van der Waals surface area contributed by atoms with Crippen LogP contribution < -0.4 is 5.48 Å². The fraction of sp³-hybridized carbons (Fsp3) is 0.167. The number of nitrogens with one attached hydrogen (secondary N) is 1. The van der Waals surface area contributed by atoms with E-state index in [9.17, 15) is 0 Å². The summed E-state index contributed by atoms with van der Waals surface area (Å²) in [6, 6.07) is 9.08. The van der Waals surface area contributed by atoms with Crippen LogP contribution in [0.2, 0.25) is 0 Å². The van der Waals surface area contributed by atoms with Crippen molar-refractivity contribution in [2.75, 3.05) is 0 Å². The molecule has 1 unspecified atom stereocenters. The van der Waals surface area contributed by atoms with Gasteiger partial charge in [-0.3, -0.25) is 0 Å². The predicted molar refractivity (Wildman–Crippen MR) is 55.5 cm³/mol. The summed E-state index contributed by atoms with van der Waals surface area (Å²) in [5.74, 6) is 11.1. The summed E-state index contributed by atoms with van der Waals surface area (Å²) in [5, 5.41) is 8.68. The van der Waals surface area contributed by atoms with Crippen molar-refractivity contribution in [3.8, 4) is 23.7 Å². The van der Waals surface area contributed by atoms with Crippen molar-refractivity contribution in [1.82, 2.24) is 5.48 Å². The highest BCUT2D eigenvalue weighted by atomic mass is 16.5. The van der Waals surface area contributed by atoms with Crippen molar-refractivity contribution in [2.24, 2.45) is 0 Å². The van der Waals surface area contributed by atoms with Crippen LogP contribution in [0.3, 0.4) is 0 Å². The second-order valence-corrected chi connectivity index (χ2v) is 2.59. The third-order valence-electron chi connectivity index (χ3n) is 1.55. The quantitative estimate of drug-likeness (QED) is 0.512. The Morgan fingerprint density at radius 1 is 1.21 bits per heavy atom. The first-order valence-corrected chi connectivity index (χ1v) is 4.25. The number of hydrogen-bond acceptors (Lipinski definition) is 2. The van der Waals surface area contributed by atoms with Crippen LogP contribution in [-0.2, 0) is 0 Å². The lowest BCUT2D eigenvalue weighted by Crippen LogP contribution is -2.21. The zero-order chi connectivity index (χ0) is 10.2. The smallest absolute Gasteiger partial charge is 0.153 e. The summed E-state index contributed by atoms with van der Waals surface area (Å²) >= 11 is 0. The Morgan fingerprint density at radius 2 is 1.93 bits per heavy atom. The van der Waals surface area contributed by atoms with E-state index >= 15 is 0 Å². The van der Waals surface area contributed by atoms with Gasteiger partial charge in [0.25, 0.3) is 0 Å². The predicted octanol–water partition coefficient (Wildman–Crippen LogP) is 1.41. The second kappa shape index (κ2) is 5.83. The molecule has 14 heavy (non-hydrogen) atoms. The van der Waals surface area contributed by atoms with Crippen LogP contribution in [0.5, 0.6) is 0 Å². The Bertz CT molecular complexity index is 389. The summed E-state index contributed by atoms with van der Waals surface area (Å²) in [6.07, 6.45) is 0. The molecular formula is C12H11NO. The fourth-order valence-corrected chi connectivity index (χ4v) is 0.922. The Balaban J connectivity index is 2.74. The zero-order valence-corrected chi connectivity index (χ0v) is 7.91. The Labute approximate surface area is 83.9 Å². The van der Waals surface area contributed by atoms with Gasteiger partial charge in [0.1, 0.15) is 0 Å². The summed E-state index contributed by atoms with van der Waals surface area (Å²) in [5.41, 5.74) is 2.93. The van der Waals surface area contributed by atoms with Gasteiger partial charge in [0.05, 0.1) is 0 Å². The minimum atomic E-state index is -0.486. The molecule has 1 atom stereocenters. The lowest BCUT2D eigenvalue weighted by Gasteiger charge is -1.96. The highest BCUT2D eigenvalue weighted by Crippen LogP contribution is 1.94. The molecule has 0 saturated carbocycles. The van der Waals surface area contributed by atoms with Crippen LogP contribution in [0.25, 0.3) is 0 Å². The van der Waals surface area contributed by atoms with Crippen molar-refractivity contribution in [2.45, 2.75) is 13.0 Å². The van der Waals surface area contributed by atoms with Gasteiger partial charge in [0.15, 0.2) is 6.04 Å². The average Bonchev–Trinajstić information content (AvgIpc) is 2.25. The van der Waals surface area contributed by atoms with E-state index in [4.69, 9.17) is 5.21 Å². The van der Waals surface area contributed by atoms with Crippen LogP contribution in [0.1, 0.15) is 12.5 Å². The van der Waals surface area contributed by atoms with E-state index in [-0.39, 0.29) is 0 Å². The van der Waals surface area contributed by atoms with Gasteiger partial charge in [-0.1, -0.05) is 36.0 Å². The van der Waals surface area contributed by atoms with Gasteiger partial charge >= 0.3 is 0 Å². The molecule has 0 aliphatic carbocycles. The molecule has 0 spiro atoms. The Hall–Kier alpha value is -1.74. The number of hydroxylamine groups is 1. The molecule has 0 aromatic heterocycles. The van der Waals surface area contributed by atoms with Crippen molar-refractivity contribution in [3.05, 3.63) is 35.9 Å². The molecule has 0 heterocycles. The van der Waals surface area contributed by atoms with Gasteiger partial charge in [0.2, 0.25) is 0 Å². The van der Waals surface area contributed by atoms with Crippen molar-refractivity contribution >= 4 is 0 Å². The van der Waals surface area contributed by atoms with E-state index in [1.54, 1.807) is 6.92 Å². The van der Waals surface area contributed by atoms with Crippen LogP contribution in [0, 0.1) is 23.7 Å². The molecule has 0 fully saturated rings. The van der Waals surface area contributed by atoms with E-state index in [0.717, 1.165) is 5.56 Å². The third kappa shape index (κ3) is 3.33. The van der Waals surface area contributed by atoms with E-state index in [1.165, 1.54) is 0 Å². The third-order valence-corrected chi connectivity index (χ3v) is 1.55. The summed E-state index contributed by atoms with van der Waals surface area (Å²) in [4.78, 5) is 0. The van der Waals surface area contributed by atoms with Crippen LogP contribution in [0.4, 0.5) is 0 Å². The zero-order valence-electron chi connectivity index (χ0n) is 7.91. The molecule has 2 nitrogen and oxygen atoms in total. The molecule has 1 aromatic rings. The van der Waals surface area contributed by atoms with Gasteiger partial charge < -0.3 is 5.21 Å². The minimum absolute atomic E-state index is 0.486. The molecule has 0 bridgehead atoms. The van der Waals surface area contributed by atoms with Gasteiger partial charge in [-0.2, -0.15) is 5.48 Å². The molecule has 1 aromatic carbocycles. The fourth-order valence-electron chi connectivity index (χ4n) is 0.922. The average molecular weight is 185 g/mol. The van der Waals surface area contributed by atoms with Gasteiger partial charge in [-0.05, 0) is 19.1 Å². The summed E-state index contributed by atoms with van der Waals surface area (Å²) in [7, 11) is 0. The van der Waals surface area contributed by atoms with Crippen molar-refractivity contribution in [1.29, 1.82) is 0 Å². The maximum atomic E-state index is 8.68. The first-order chi connectivity index (χ1) is 6.86. The number of rotatable bonds is 1. The molecule has 0 saturated heterocycles. The lowest BCUT2D eigenvalue weighted by molar-refractivity contribution is 0.164. The lowest BCUT2D eigenvalue weighted by atomic mass is 10.2. The first kappa shape index (κ1) is 10.3. The van der Waals surface area contributed by atoms with Crippen molar-refractivity contribution < 1.29 is 5.21 Å². The van der Waals surface area contributed by atoms with E-state index in [1.807, 2.05) is 35.8 Å². The molecule has 0 amide bonds. The Morgan fingerprint density at radius 3 is 2.50 bits per heavy atom. The standard InChI is InChI=1S/C12H11NO/c1-2-6-12(13-14)10-9-11-7-4-3-5-8-11/h3-5,7-8,12-14H,1H3. The molecule has 0 aliphatic rings. The maximum absolute atomic E-state index is 8.68. The second-order valence-electron chi connectivity index (χ2n) is 2.59. The normalized spacial score (nSPS) is 10.4. The van der Waals surface area contributed by atoms with Gasteiger partial charge in [0, 0.05) is 5.56 Å². The maximum Gasteiger partial charge on any atom is 0.153 e. The molecule has 0 aliphatic heterocycles. The van der Waals surface area contributed by atoms with Gasteiger partial charge in [-0.25, -0.2) is 0 Å². The molecule has 1 rings (SSSR count). The largest absolute Gasteiger partial charge is 0.315 e. The van der Waals surface area contributed by atoms with Crippen LogP contribution in [0.15, 0.2) is 30.3 Å². The molecule has 2 N–H and O–H groups in total. The monoisotopic (exact) mass is 185 g/mol. The first-order valence-electron chi connectivity index (χ1n) is 4.25. The summed E-state index contributed by atoms with van der Waals surface area (Å²) < 4.78 is 0. The highest BCUT2D eigenvalue weighted by Gasteiger charge is 1.93. The van der Waals surface area contributed by atoms with Crippen LogP contribution in [-0.4, -0.2) is 11.2 Å². The number of benzene rings is 1. The topological polar surface area (TPSA) is 32.3 Å². The summed E-state index contributed by atoms with van der Waals surface area (Å²) in [6.45, 7) is 1.70. The molecule has 0 radical (unpaired) electrons. The van der Waals surface area contributed by atoms with E-state index in [0.29, 0.717) is 0 Å². The van der Waals surface area contributed by atoms with E-state index < -0.39 is 6.04 Å². The Kier molecular flexibility index (Phi) is 4.31. The highest BCUT2D eigenvalue weighted by molar-refractivity contribution is 5.36. The molecular weight excluding hydrogens is 174 g/mol. The van der Waals surface area contributed by atoms with E-state index in [2.05, 4.69) is 23.7 Å². The van der Waals surface area contributed by atoms with Crippen molar-refractivity contribution in [3.63, 3.8) is 0 Å². The molecule has 70 valence electrons. The SMILES string of the molecule is CC#CC(C#Cc1ccccc1)NO. The number of hydrogen-bond donors (Lipinski definition) is 2. The molecule has 2 heteroatoms. The van der Waals surface area contributed by atoms with Crippen LogP contribution >= 0.6 is 0 Å².